The molecule has 2 aromatic carbocycles. The maximum absolute atomic E-state index is 12.0. The highest BCUT2D eigenvalue weighted by Gasteiger charge is 2.09. The van der Waals surface area contributed by atoms with E-state index in [1.807, 2.05) is 48.5 Å². The summed E-state index contributed by atoms with van der Waals surface area (Å²) in [5.74, 6) is 1.00. The fraction of sp³-hybridized carbons (Fsp3) is 0.118. The molecule has 0 saturated heterocycles. The fourth-order valence-electron chi connectivity index (χ4n) is 1.97. The van der Waals surface area contributed by atoms with E-state index in [9.17, 15) is 4.79 Å². The second kappa shape index (κ2) is 9.19. The highest BCUT2D eigenvalue weighted by Crippen LogP contribution is 2.28. The molecule has 2 N–H and O–H groups in total. The maximum Gasteiger partial charge on any atom is 0.234 e. The molecule has 1 amide bonds. The summed E-state index contributed by atoms with van der Waals surface area (Å²) in [7, 11) is 1.63. The molecule has 3 aromatic rings. The van der Waals surface area contributed by atoms with Gasteiger partial charge in [-0.3, -0.25) is 4.79 Å². The van der Waals surface area contributed by atoms with Crippen LogP contribution in [0.2, 0.25) is 0 Å². The summed E-state index contributed by atoms with van der Waals surface area (Å²) in [6, 6.07) is 15.2. The molecule has 0 fully saturated rings. The zero-order chi connectivity index (χ0) is 18.4. The summed E-state index contributed by atoms with van der Waals surface area (Å²) < 4.78 is 6.99. The number of carbonyl (C=O) groups excluding carboxylic acids is 1. The van der Waals surface area contributed by atoms with Gasteiger partial charge in [0.05, 0.1) is 12.9 Å². The number of nitrogens with one attached hydrogen (secondary N) is 2. The lowest BCUT2D eigenvalue weighted by molar-refractivity contribution is -0.113. The van der Waals surface area contributed by atoms with Gasteiger partial charge in [-0.2, -0.15) is 0 Å². The van der Waals surface area contributed by atoms with Crippen molar-refractivity contribution in [2.24, 2.45) is 0 Å². The monoisotopic (exact) mass is 498 g/mol. The maximum atomic E-state index is 12.0. The van der Waals surface area contributed by atoms with Gasteiger partial charge in [0, 0.05) is 14.9 Å². The van der Waals surface area contributed by atoms with Crippen molar-refractivity contribution in [3.8, 4) is 5.75 Å². The minimum Gasteiger partial charge on any atom is -0.497 e. The number of ether oxygens (including phenoxy) is 1. The zero-order valence-electron chi connectivity index (χ0n) is 13.7. The molecule has 0 saturated carbocycles. The number of anilines is 3. The van der Waals surface area contributed by atoms with Crippen LogP contribution in [0.1, 0.15) is 0 Å². The molecule has 3 rings (SSSR count). The number of amides is 1. The lowest BCUT2D eigenvalue weighted by Crippen LogP contribution is -2.13. The molecular formula is C17H15IN4O2S2. The average molecular weight is 498 g/mol. The van der Waals surface area contributed by atoms with Gasteiger partial charge in [-0.05, 0) is 71.1 Å². The molecule has 0 aliphatic carbocycles. The summed E-state index contributed by atoms with van der Waals surface area (Å²) in [5.41, 5.74) is 1.69. The first kappa shape index (κ1) is 18.9. The van der Waals surface area contributed by atoms with Crippen LogP contribution in [0.4, 0.5) is 16.5 Å². The van der Waals surface area contributed by atoms with Crippen molar-refractivity contribution in [2.75, 3.05) is 23.5 Å². The van der Waals surface area contributed by atoms with Crippen LogP contribution in [0.3, 0.4) is 0 Å². The smallest absolute Gasteiger partial charge is 0.234 e. The Bertz CT molecular complexity index is 869. The number of aromatic nitrogens is 2. The van der Waals surface area contributed by atoms with E-state index in [1.165, 1.54) is 23.1 Å². The fourth-order valence-corrected chi connectivity index (χ4v) is 3.91. The Hall–Kier alpha value is -1.85. The van der Waals surface area contributed by atoms with Crippen LogP contribution in [0.25, 0.3) is 0 Å². The van der Waals surface area contributed by atoms with Crippen molar-refractivity contribution in [1.29, 1.82) is 0 Å². The number of methoxy groups -OCH3 is 1. The molecule has 0 atom stereocenters. The predicted molar refractivity (Wildman–Crippen MR) is 115 cm³/mol. The molecule has 0 aliphatic heterocycles. The largest absolute Gasteiger partial charge is 0.497 e. The third-order valence-corrected chi connectivity index (χ3v) is 5.89. The Kier molecular flexibility index (Phi) is 6.69. The van der Waals surface area contributed by atoms with Crippen LogP contribution >= 0.6 is 45.7 Å². The number of thioether (sulfide) groups is 1. The quantitative estimate of drug-likeness (QED) is 0.366. The minimum absolute atomic E-state index is 0.0731. The van der Waals surface area contributed by atoms with E-state index >= 15 is 0 Å². The van der Waals surface area contributed by atoms with Gasteiger partial charge < -0.3 is 15.4 Å². The first-order valence-electron chi connectivity index (χ1n) is 7.55. The summed E-state index contributed by atoms with van der Waals surface area (Å²) in [4.78, 5) is 12.0. The van der Waals surface area contributed by atoms with Crippen LogP contribution in [-0.4, -0.2) is 29.0 Å². The van der Waals surface area contributed by atoms with Gasteiger partial charge in [0.15, 0.2) is 4.34 Å². The Balaban J connectivity index is 1.49. The third-order valence-electron chi connectivity index (χ3n) is 3.20. The topological polar surface area (TPSA) is 76.1 Å². The first-order valence-corrected chi connectivity index (χ1v) is 10.4. The molecular weight excluding hydrogens is 483 g/mol. The van der Waals surface area contributed by atoms with Crippen molar-refractivity contribution in [1.82, 2.24) is 10.2 Å². The molecule has 0 spiro atoms. The molecule has 9 heteroatoms. The first-order chi connectivity index (χ1) is 12.6. The predicted octanol–water partition coefficient (Wildman–Crippen LogP) is 4.63. The molecule has 1 heterocycles. The van der Waals surface area contributed by atoms with Gasteiger partial charge in [0.2, 0.25) is 11.0 Å². The molecule has 0 unspecified atom stereocenters. The number of nitrogens with zero attached hydrogens (tertiary/aromatic N) is 2. The van der Waals surface area contributed by atoms with Gasteiger partial charge in [-0.25, -0.2) is 0 Å². The molecule has 134 valence electrons. The van der Waals surface area contributed by atoms with Gasteiger partial charge >= 0.3 is 0 Å². The number of halogens is 1. The second-order valence-corrected chi connectivity index (χ2v) is 8.52. The Morgan fingerprint density at radius 1 is 1.12 bits per heavy atom. The Morgan fingerprint density at radius 3 is 2.50 bits per heavy atom. The van der Waals surface area contributed by atoms with Gasteiger partial charge in [-0.15, -0.1) is 10.2 Å². The highest BCUT2D eigenvalue weighted by molar-refractivity contribution is 14.1. The average Bonchev–Trinajstić information content (AvgIpc) is 3.10. The number of rotatable bonds is 7. The third kappa shape index (κ3) is 5.58. The van der Waals surface area contributed by atoms with E-state index in [4.69, 9.17) is 4.74 Å². The summed E-state index contributed by atoms with van der Waals surface area (Å²) in [5, 5.41) is 14.9. The number of hydrogen-bond acceptors (Lipinski definition) is 7. The lowest BCUT2D eigenvalue weighted by atomic mass is 10.3. The highest BCUT2D eigenvalue weighted by atomic mass is 127. The number of hydrogen-bond donors (Lipinski definition) is 2. The standard InChI is InChI=1S/C17H15IN4O2S2/c1-24-14-8-6-13(7-9-14)20-16-21-22-17(26-16)25-10-15(23)19-12-4-2-11(18)3-5-12/h2-9H,10H2,1H3,(H,19,23)(H,20,21). The number of benzene rings is 2. The van der Waals surface area contributed by atoms with E-state index in [0.717, 1.165) is 25.0 Å². The molecule has 0 radical (unpaired) electrons. The van der Waals surface area contributed by atoms with E-state index in [2.05, 4.69) is 43.4 Å². The molecule has 0 aliphatic rings. The lowest BCUT2D eigenvalue weighted by Gasteiger charge is -2.04. The number of carbonyl (C=O) groups is 1. The Labute approximate surface area is 172 Å². The molecule has 1 aromatic heterocycles. The van der Waals surface area contributed by atoms with Crippen LogP contribution in [-0.2, 0) is 4.79 Å². The van der Waals surface area contributed by atoms with Crippen molar-refractivity contribution >= 4 is 68.1 Å². The summed E-state index contributed by atoms with van der Waals surface area (Å²) >= 11 is 4.99. The Morgan fingerprint density at radius 2 is 1.81 bits per heavy atom. The SMILES string of the molecule is COc1ccc(Nc2nnc(SCC(=O)Nc3ccc(I)cc3)s2)cc1. The van der Waals surface area contributed by atoms with E-state index in [1.54, 1.807) is 7.11 Å². The molecule has 26 heavy (non-hydrogen) atoms. The van der Waals surface area contributed by atoms with Crippen molar-refractivity contribution in [3.63, 3.8) is 0 Å². The van der Waals surface area contributed by atoms with Crippen molar-refractivity contribution in [3.05, 3.63) is 52.1 Å². The minimum atomic E-state index is -0.0731. The van der Waals surface area contributed by atoms with Gasteiger partial charge in [0.25, 0.3) is 0 Å². The van der Waals surface area contributed by atoms with Gasteiger partial charge in [0.1, 0.15) is 5.75 Å². The summed E-state index contributed by atoms with van der Waals surface area (Å²) in [6.45, 7) is 0. The van der Waals surface area contributed by atoms with E-state index in [0.29, 0.717) is 5.13 Å². The van der Waals surface area contributed by atoms with Crippen molar-refractivity contribution < 1.29 is 9.53 Å². The summed E-state index contributed by atoms with van der Waals surface area (Å²) in [6.07, 6.45) is 0. The van der Waals surface area contributed by atoms with E-state index in [-0.39, 0.29) is 11.7 Å². The molecule has 6 nitrogen and oxygen atoms in total. The molecule has 0 bridgehead atoms. The van der Waals surface area contributed by atoms with Gasteiger partial charge in [-0.1, -0.05) is 23.1 Å². The van der Waals surface area contributed by atoms with Crippen LogP contribution in [0, 0.1) is 3.57 Å². The van der Waals surface area contributed by atoms with Crippen LogP contribution in [0.5, 0.6) is 5.75 Å². The van der Waals surface area contributed by atoms with E-state index < -0.39 is 0 Å². The van der Waals surface area contributed by atoms with Crippen LogP contribution < -0.4 is 15.4 Å². The second-order valence-electron chi connectivity index (χ2n) is 5.07. The van der Waals surface area contributed by atoms with Crippen LogP contribution in [0.15, 0.2) is 52.9 Å². The zero-order valence-corrected chi connectivity index (χ0v) is 17.5. The normalized spacial score (nSPS) is 10.4. The van der Waals surface area contributed by atoms with Crippen molar-refractivity contribution in [2.45, 2.75) is 4.34 Å².